The number of amides is 4. The van der Waals surface area contributed by atoms with Gasteiger partial charge in [-0.1, -0.05) is 0 Å². The number of anilines is 1. The van der Waals surface area contributed by atoms with Crippen LogP contribution in [0.25, 0.3) is 0 Å². The molecule has 0 unspecified atom stereocenters. The van der Waals surface area contributed by atoms with Crippen LogP contribution in [0.2, 0.25) is 0 Å². The fraction of sp³-hybridized carbons (Fsp3) is 0.357. The zero-order valence-electron chi connectivity index (χ0n) is 11.1. The standard InChI is InChI=1S/C14H15N3O3/c1-17-12(18)10-6-5-9(7-11(10)13(17)19)16-14(20)15-8-3-2-4-8/h5-8H,2-4H2,1H3,(H2,15,16,20). The first kappa shape index (κ1) is 12.7. The van der Waals surface area contributed by atoms with E-state index in [0.29, 0.717) is 16.8 Å². The Morgan fingerprint density at radius 1 is 1.20 bits per heavy atom. The van der Waals surface area contributed by atoms with E-state index < -0.39 is 0 Å². The summed E-state index contributed by atoms with van der Waals surface area (Å²) in [5.41, 5.74) is 1.22. The molecule has 1 aliphatic heterocycles. The zero-order chi connectivity index (χ0) is 14.3. The fourth-order valence-electron chi connectivity index (χ4n) is 2.34. The van der Waals surface area contributed by atoms with Gasteiger partial charge in [-0.2, -0.15) is 0 Å². The molecule has 6 heteroatoms. The number of nitrogens with zero attached hydrogens (tertiary/aromatic N) is 1. The van der Waals surface area contributed by atoms with Crippen LogP contribution in [0.15, 0.2) is 18.2 Å². The Labute approximate surface area is 116 Å². The van der Waals surface area contributed by atoms with Crippen molar-refractivity contribution < 1.29 is 14.4 Å². The summed E-state index contributed by atoms with van der Waals surface area (Å²) in [6.07, 6.45) is 3.16. The van der Waals surface area contributed by atoms with Gasteiger partial charge in [0.15, 0.2) is 0 Å². The summed E-state index contributed by atoms with van der Waals surface area (Å²) in [5.74, 6) is -0.650. The molecule has 0 saturated heterocycles. The highest BCUT2D eigenvalue weighted by Crippen LogP contribution is 2.25. The molecule has 4 amide bonds. The number of benzene rings is 1. The van der Waals surface area contributed by atoms with Gasteiger partial charge in [0.2, 0.25) is 0 Å². The van der Waals surface area contributed by atoms with Crippen LogP contribution < -0.4 is 10.6 Å². The largest absolute Gasteiger partial charge is 0.335 e. The topological polar surface area (TPSA) is 78.5 Å². The molecule has 1 heterocycles. The van der Waals surface area contributed by atoms with E-state index in [1.165, 1.54) is 7.05 Å². The molecule has 2 N–H and O–H groups in total. The fourth-order valence-corrected chi connectivity index (χ4v) is 2.34. The van der Waals surface area contributed by atoms with Gasteiger partial charge in [-0.05, 0) is 37.5 Å². The van der Waals surface area contributed by atoms with Crippen molar-refractivity contribution in [2.24, 2.45) is 0 Å². The van der Waals surface area contributed by atoms with Gasteiger partial charge in [0.25, 0.3) is 11.8 Å². The Morgan fingerprint density at radius 2 is 1.90 bits per heavy atom. The second-order valence-electron chi connectivity index (χ2n) is 5.16. The number of fused-ring (bicyclic) bond motifs is 1. The van der Waals surface area contributed by atoms with Crippen LogP contribution >= 0.6 is 0 Å². The van der Waals surface area contributed by atoms with E-state index in [2.05, 4.69) is 10.6 Å². The monoisotopic (exact) mass is 273 g/mol. The molecule has 20 heavy (non-hydrogen) atoms. The number of imide groups is 1. The van der Waals surface area contributed by atoms with E-state index in [-0.39, 0.29) is 23.9 Å². The second kappa shape index (κ2) is 4.63. The normalized spacial score (nSPS) is 17.8. The number of carbonyl (C=O) groups is 3. The average Bonchev–Trinajstić information content (AvgIpc) is 2.59. The third kappa shape index (κ3) is 2.03. The number of carbonyl (C=O) groups excluding carboxylic acids is 3. The van der Waals surface area contributed by atoms with Gasteiger partial charge in [-0.15, -0.1) is 0 Å². The first-order chi connectivity index (χ1) is 9.56. The zero-order valence-corrected chi connectivity index (χ0v) is 11.1. The molecule has 0 atom stereocenters. The minimum Gasteiger partial charge on any atom is -0.335 e. The van der Waals surface area contributed by atoms with Gasteiger partial charge >= 0.3 is 6.03 Å². The van der Waals surface area contributed by atoms with Crippen molar-refractivity contribution in [2.75, 3.05) is 12.4 Å². The first-order valence-electron chi connectivity index (χ1n) is 6.60. The van der Waals surface area contributed by atoms with Crippen molar-refractivity contribution in [3.8, 4) is 0 Å². The number of rotatable bonds is 2. The molecule has 1 saturated carbocycles. The predicted molar refractivity (Wildman–Crippen MR) is 72.7 cm³/mol. The molecule has 6 nitrogen and oxygen atoms in total. The molecule has 1 fully saturated rings. The van der Waals surface area contributed by atoms with E-state index in [1.807, 2.05) is 0 Å². The number of hydrogen-bond donors (Lipinski definition) is 2. The molecule has 0 spiro atoms. The highest BCUT2D eigenvalue weighted by molar-refractivity contribution is 6.21. The summed E-state index contributed by atoms with van der Waals surface area (Å²) < 4.78 is 0. The molecule has 0 aromatic heterocycles. The first-order valence-corrected chi connectivity index (χ1v) is 6.60. The lowest BCUT2D eigenvalue weighted by Crippen LogP contribution is -2.41. The van der Waals surface area contributed by atoms with Gasteiger partial charge in [0.05, 0.1) is 11.1 Å². The Kier molecular flexibility index (Phi) is 2.93. The van der Waals surface area contributed by atoms with E-state index in [1.54, 1.807) is 18.2 Å². The van der Waals surface area contributed by atoms with Crippen molar-refractivity contribution in [2.45, 2.75) is 25.3 Å². The molecule has 104 valence electrons. The van der Waals surface area contributed by atoms with Gasteiger partial charge in [0, 0.05) is 18.8 Å². The Morgan fingerprint density at radius 3 is 2.55 bits per heavy atom. The van der Waals surface area contributed by atoms with Crippen molar-refractivity contribution in [3.63, 3.8) is 0 Å². The molecule has 3 rings (SSSR count). The van der Waals surface area contributed by atoms with Gasteiger partial charge in [-0.3, -0.25) is 14.5 Å². The summed E-state index contributed by atoms with van der Waals surface area (Å²) in [6, 6.07) is 4.71. The smallest absolute Gasteiger partial charge is 0.319 e. The average molecular weight is 273 g/mol. The van der Waals surface area contributed by atoms with Crippen LogP contribution in [0.4, 0.5) is 10.5 Å². The van der Waals surface area contributed by atoms with Crippen LogP contribution in [0.3, 0.4) is 0 Å². The minimum atomic E-state index is -0.340. The summed E-state index contributed by atoms with van der Waals surface area (Å²) in [4.78, 5) is 36.4. The van der Waals surface area contributed by atoms with Gasteiger partial charge in [0.1, 0.15) is 0 Å². The highest BCUT2D eigenvalue weighted by atomic mass is 16.2. The van der Waals surface area contributed by atoms with E-state index in [0.717, 1.165) is 24.2 Å². The molecule has 2 aliphatic rings. The molecule has 1 aromatic rings. The molecule has 0 radical (unpaired) electrons. The highest BCUT2D eigenvalue weighted by Gasteiger charge is 2.32. The van der Waals surface area contributed by atoms with Crippen molar-refractivity contribution >= 4 is 23.5 Å². The molecular weight excluding hydrogens is 258 g/mol. The number of urea groups is 1. The molecule has 1 aliphatic carbocycles. The van der Waals surface area contributed by atoms with Crippen LogP contribution in [-0.4, -0.2) is 35.8 Å². The lowest BCUT2D eigenvalue weighted by molar-refractivity contribution is 0.0693. The SMILES string of the molecule is CN1C(=O)c2ccc(NC(=O)NC3CCC3)cc2C1=O. The summed E-state index contributed by atoms with van der Waals surface area (Å²) in [7, 11) is 1.45. The lowest BCUT2D eigenvalue weighted by atomic mass is 9.93. The maximum atomic E-state index is 11.9. The van der Waals surface area contributed by atoms with E-state index in [9.17, 15) is 14.4 Å². The molecule has 1 aromatic carbocycles. The number of nitrogens with one attached hydrogen (secondary N) is 2. The van der Waals surface area contributed by atoms with Gasteiger partial charge < -0.3 is 10.6 Å². The van der Waals surface area contributed by atoms with Crippen LogP contribution in [-0.2, 0) is 0 Å². The van der Waals surface area contributed by atoms with Crippen LogP contribution in [0.5, 0.6) is 0 Å². The quantitative estimate of drug-likeness (QED) is 0.803. The van der Waals surface area contributed by atoms with Gasteiger partial charge in [-0.25, -0.2) is 4.79 Å². The minimum absolute atomic E-state index is 0.249. The Bertz CT molecular complexity index is 608. The third-order valence-corrected chi connectivity index (χ3v) is 3.79. The van der Waals surface area contributed by atoms with E-state index >= 15 is 0 Å². The summed E-state index contributed by atoms with van der Waals surface area (Å²) in [5, 5.41) is 5.54. The maximum absolute atomic E-state index is 11.9. The van der Waals surface area contributed by atoms with E-state index in [4.69, 9.17) is 0 Å². The second-order valence-corrected chi connectivity index (χ2v) is 5.16. The maximum Gasteiger partial charge on any atom is 0.319 e. The Balaban J connectivity index is 1.74. The van der Waals surface area contributed by atoms with Crippen molar-refractivity contribution in [3.05, 3.63) is 29.3 Å². The summed E-state index contributed by atoms with van der Waals surface area (Å²) in [6.45, 7) is 0. The molecular formula is C14H15N3O3. The molecule has 0 bridgehead atoms. The van der Waals surface area contributed by atoms with Crippen LogP contribution in [0.1, 0.15) is 40.0 Å². The summed E-state index contributed by atoms with van der Waals surface area (Å²) >= 11 is 0. The third-order valence-electron chi connectivity index (χ3n) is 3.79. The van der Waals surface area contributed by atoms with Crippen LogP contribution in [0, 0.1) is 0 Å². The predicted octanol–water partition coefficient (Wildman–Crippen LogP) is 1.59. The van der Waals surface area contributed by atoms with Crippen molar-refractivity contribution in [1.82, 2.24) is 10.2 Å². The lowest BCUT2D eigenvalue weighted by Gasteiger charge is -2.26. The Hall–Kier alpha value is -2.37. The van der Waals surface area contributed by atoms with Crippen molar-refractivity contribution in [1.29, 1.82) is 0 Å². The number of hydrogen-bond acceptors (Lipinski definition) is 3.